The quantitative estimate of drug-likeness (QED) is 0.179. The number of esters is 3. The summed E-state index contributed by atoms with van der Waals surface area (Å²) in [4.78, 5) is 37.6. The summed E-state index contributed by atoms with van der Waals surface area (Å²) in [6, 6.07) is 0. The fourth-order valence-electron chi connectivity index (χ4n) is 6.63. The molecule has 9 atom stereocenters. The van der Waals surface area contributed by atoms with Crippen molar-refractivity contribution in [2.45, 2.75) is 111 Å². The highest BCUT2D eigenvalue weighted by atomic mass is 16.8. The minimum absolute atomic E-state index is 0.143. The van der Waals surface area contributed by atoms with Crippen LogP contribution in [-0.2, 0) is 33.3 Å². The number of allylic oxidation sites excluding steroid dienone is 3. The molecule has 1 spiro atoms. The number of carbonyl (C=O) groups is 3. The van der Waals surface area contributed by atoms with Gasteiger partial charge in [-0.05, 0) is 50.0 Å². The van der Waals surface area contributed by atoms with E-state index in [1.807, 2.05) is 40.7 Å². The second-order valence-electron chi connectivity index (χ2n) is 11.4. The van der Waals surface area contributed by atoms with Crippen LogP contribution in [0.2, 0.25) is 0 Å². The lowest BCUT2D eigenvalue weighted by Gasteiger charge is -2.62. The Morgan fingerprint density at radius 2 is 1.72 bits per heavy atom. The molecule has 9 nitrogen and oxygen atoms in total. The smallest absolute Gasteiger partial charge is 0.308 e. The summed E-state index contributed by atoms with van der Waals surface area (Å²) in [7, 11) is 0. The van der Waals surface area contributed by atoms with E-state index in [0.29, 0.717) is 24.8 Å². The van der Waals surface area contributed by atoms with Crippen LogP contribution in [0, 0.1) is 22.7 Å². The molecule has 0 aromatic rings. The minimum atomic E-state index is -1.43. The molecule has 1 heterocycles. The molecule has 0 aromatic carbocycles. The van der Waals surface area contributed by atoms with Crippen LogP contribution in [0.4, 0.5) is 0 Å². The first-order chi connectivity index (χ1) is 18.4. The Hall–Kier alpha value is -2.49. The summed E-state index contributed by atoms with van der Waals surface area (Å²) >= 11 is 0. The number of aliphatic hydroxyl groups excluding tert-OH is 2. The van der Waals surface area contributed by atoms with Crippen molar-refractivity contribution in [2.24, 2.45) is 22.7 Å². The third-order valence-corrected chi connectivity index (χ3v) is 8.82. The van der Waals surface area contributed by atoms with Crippen LogP contribution in [0.15, 0.2) is 36.0 Å². The Labute approximate surface area is 231 Å². The van der Waals surface area contributed by atoms with Gasteiger partial charge in [0.2, 0.25) is 12.6 Å². The van der Waals surface area contributed by atoms with Gasteiger partial charge in [-0.3, -0.25) is 19.1 Å². The van der Waals surface area contributed by atoms with Crippen LogP contribution >= 0.6 is 0 Å². The topological polar surface area (TPSA) is 129 Å². The zero-order valence-corrected chi connectivity index (χ0v) is 24.0. The summed E-state index contributed by atoms with van der Waals surface area (Å²) in [6.07, 6.45) is 1.59. The predicted molar refractivity (Wildman–Crippen MR) is 143 cm³/mol. The summed E-state index contributed by atoms with van der Waals surface area (Å²) in [6.45, 7) is 14.7. The summed E-state index contributed by atoms with van der Waals surface area (Å²) < 4.78 is 23.4. The van der Waals surface area contributed by atoms with Crippen molar-refractivity contribution in [1.29, 1.82) is 0 Å². The van der Waals surface area contributed by atoms with E-state index in [9.17, 15) is 24.6 Å². The van der Waals surface area contributed by atoms with Crippen LogP contribution in [0.1, 0.15) is 80.1 Å². The van der Waals surface area contributed by atoms with E-state index < -0.39 is 65.5 Å². The molecule has 218 valence electrons. The highest BCUT2D eigenvalue weighted by Gasteiger charge is 2.74. The monoisotopic (exact) mass is 548 g/mol. The van der Waals surface area contributed by atoms with Gasteiger partial charge in [0.05, 0.1) is 11.5 Å². The molecule has 9 heteroatoms. The van der Waals surface area contributed by atoms with Gasteiger partial charge < -0.3 is 24.4 Å². The minimum Gasteiger partial charge on any atom is -0.459 e. The van der Waals surface area contributed by atoms with E-state index in [-0.39, 0.29) is 25.2 Å². The zero-order chi connectivity index (χ0) is 29.1. The maximum absolute atomic E-state index is 12.8. The van der Waals surface area contributed by atoms with E-state index in [2.05, 4.69) is 6.58 Å². The molecule has 0 aromatic heterocycles. The Kier molecular flexibility index (Phi) is 9.83. The van der Waals surface area contributed by atoms with Gasteiger partial charge in [-0.25, -0.2) is 0 Å². The molecule has 2 fully saturated rings. The van der Waals surface area contributed by atoms with Crippen LogP contribution in [0.25, 0.3) is 0 Å². The molecule has 1 saturated heterocycles. The maximum atomic E-state index is 12.8. The molecule has 1 unspecified atom stereocenters. The third kappa shape index (κ3) is 5.72. The summed E-state index contributed by atoms with van der Waals surface area (Å²) in [5.74, 6) is -2.47. The van der Waals surface area contributed by atoms with Gasteiger partial charge >= 0.3 is 17.9 Å². The van der Waals surface area contributed by atoms with Gasteiger partial charge in [0.15, 0.2) is 0 Å². The highest BCUT2D eigenvalue weighted by Crippen LogP contribution is 2.67. The second-order valence-corrected chi connectivity index (χ2v) is 11.4. The molecule has 39 heavy (non-hydrogen) atoms. The van der Waals surface area contributed by atoms with Gasteiger partial charge in [0, 0.05) is 31.3 Å². The van der Waals surface area contributed by atoms with Crippen LogP contribution in [0.3, 0.4) is 0 Å². The number of hydrogen-bond donors (Lipinski definition) is 2. The normalized spacial score (nSPS) is 37.7. The Morgan fingerprint density at radius 3 is 2.28 bits per heavy atom. The second kappa shape index (κ2) is 12.4. The van der Waals surface area contributed by atoms with Gasteiger partial charge in [0.25, 0.3) is 0 Å². The molecular weight excluding hydrogens is 504 g/mol. The fourth-order valence-corrected chi connectivity index (χ4v) is 6.63. The van der Waals surface area contributed by atoms with Crippen molar-refractivity contribution in [2.75, 3.05) is 0 Å². The predicted octanol–water partition coefficient (Wildman–Crippen LogP) is 4.12. The van der Waals surface area contributed by atoms with E-state index in [0.717, 1.165) is 5.57 Å². The van der Waals surface area contributed by atoms with Crippen LogP contribution in [0.5, 0.6) is 0 Å². The molecule has 1 aliphatic heterocycles. The molecule has 2 aliphatic carbocycles. The van der Waals surface area contributed by atoms with Crippen molar-refractivity contribution >= 4 is 17.9 Å². The van der Waals surface area contributed by atoms with Crippen molar-refractivity contribution in [1.82, 2.24) is 0 Å². The van der Waals surface area contributed by atoms with Gasteiger partial charge in [-0.15, -0.1) is 0 Å². The Bertz CT molecular complexity index is 1020. The maximum Gasteiger partial charge on any atom is 0.308 e. The zero-order valence-electron chi connectivity index (χ0n) is 24.0. The number of carbonyl (C=O) groups excluding carboxylic acids is 3. The summed E-state index contributed by atoms with van der Waals surface area (Å²) in [5, 5.41) is 23.2. The Morgan fingerprint density at radius 1 is 1.10 bits per heavy atom. The highest BCUT2D eigenvalue weighted by molar-refractivity contribution is 5.70. The SMILES string of the molecule is C=C/C(C)=C\C[C@]1(C)[C@H](C)[C@@H](OC(=O)CCC)[C@H](O)[C@@]23C(=C[C@H](O)C[C@@H]12)[C@@H](OC(=O)CCC)OC3OC(C)=O. The standard InChI is InChI=1S/C30H44O9/c1-8-11-23(33)37-25-18(5)29(7,14-13-17(4)10-3)22-16-20(32)15-21-27(38-24(34)12-9-2)39-28(36-19(6)31)30(21,22)26(25)35/h10,13,15,18,20,22,25-28,32,35H,3,8-9,11-12,14,16H2,1-2,4-7H3/b17-13-/t18-,20+,22+,25-,26+,27+,28?,29-,30-/m1/s1. The lowest BCUT2D eigenvalue weighted by Crippen LogP contribution is -2.68. The van der Waals surface area contributed by atoms with Crippen molar-refractivity contribution in [3.05, 3.63) is 36.0 Å². The largest absolute Gasteiger partial charge is 0.459 e. The molecule has 0 amide bonds. The molecule has 3 rings (SSSR count). The van der Waals surface area contributed by atoms with E-state index in [1.165, 1.54) is 13.0 Å². The Balaban J connectivity index is 2.25. The first-order valence-electron chi connectivity index (χ1n) is 14.0. The molecule has 1 saturated carbocycles. The lowest BCUT2D eigenvalue weighted by atomic mass is 9.44. The molecule has 3 aliphatic rings. The number of rotatable bonds is 10. The fraction of sp³-hybridized carbons (Fsp3) is 0.700. The third-order valence-electron chi connectivity index (χ3n) is 8.82. The van der Waals surface area contributed by atoms with Gasteiger partial charge in [0.1, 0.15) is 12.2 Å². The molecule has 0 bridgehead atoms. The first-order valence-corrected chi connectivity index (χ1v) is 14.0. The van der Waals surface area contributed by atoms with Crippen LogP contribution in [-0.4, -0.2) is 59.0 Å². The number of aliphatic hydroxyl groups is 2. The van der Waals surface area contributed by atoms with E-state index in [1.54, 1.807) is 6.08 Å². The molecular formula is C30H44O9. The number of hydrogen-bond acceptors (Lipinski definition) is 9. The molecule has 0 radical (unpaired) electrons. The van der Waals surface area contributed by atoms with Gasteiger partial charge in [-0.2, -0.15) is 0 Å². The molecule has 2 N–H and O–H groups in total. The average molecular weight is 549 g/mol. The van der Waals surface area contributed by atoms with Crippen molar-refractivity contribution < 1.29 is 43.5 Å². The first kappa shape index (κ1) is 31.0. The lowest BCUT2D eigenvalue weighted by molar-refractivity contribution is -0.275. The van der Waals surface area contributed by atoms with Crippen molar-refractivity contribution in [3.8, 4) is 0 Å². The van der Waals surface area contributed by atoms with Gasteiger partial charge in [-0.1, -0.05) is 52.0 Å². The van der Waals surface area contributed by atoms with Crippen LogP contribution < -0.4 is 0 Å². The van der Waals surface area contributed by atoms with E-state index >= 15 is 0 Å². The summed E-state index contributed by atoms with van der Waals surface area (Å²) in [5.41, 5.74) is -0.837. The average Bonchev–Trinajstić information content (AvgIpc) is 3.16. The number of ether oxygens (including phenoxy) is 4. The van der Waals surface area contributed by atoms with Crippen molar-refractivity contribution in [3.63, 3.8) is 0 Å². The van der Waals surface area contributed by atoms with E-state index in [4.69, 9.17) is 18.9 Å².